The van der Waals surface area contributed by atoms with Crippen LogP contribution in [0.3, 0.4) is 0 Å². The lowest BCUT2D eigenvalue weighted by Gasteiger charge is -2.00. The van der Waals surface area contributed by atoms with Crippen molar-refractivity contribution in [1.29, 1.82) is 5.26 Å². The number of nitrogens with one attached hydrogen (secondary N) is 1. The second kappa shape index (κ2) is 3.76. The lowest BCUT2D eigenvalue weighted by molar-refractivity contribution is 0.983. The molecule has 0 bridgehead atoms. The van der Waals surface area contributed by atoms with E-state index >= 15 is 0 Å². The third kappa shape index (κ3) is 1.63. The average molecular weight is 197 g/mol. The molecule has 0 unspecified atom stereocenters. The molecule has 4 nitrogen and oxygen atoms in total. The van der Waals surface area contributed by atoms with E-state index in [4.69, 9.17) is 5.26 Å². The fourth-order valence-electron chi connectivity index (χ4n) is 1.35. The topological polar surface area (TPSA) is 69.5 Å². The van der Waals surface area contributed by atoms with Gasteiger partial charge in [0, 0.05) is 5.56 Å². The molecular weight excluding hydrogens is 190 g/mol. The van der Waals surface area contributed by atoms with Gasteiger partial charge in [-0.2, -0.15) is 10.4 Å². The second-order valence-electron chi connectivity index (χ2n) is 2.97. The zero-order valence-corrected chi connectivity index (χ0v) is 7.77. The molecule has 0 saturated carbocycles. The van der Waals surface area contributed by atoms with Gasteiger partial charge in [-0.15, -0.1) is 0 Å². The van der Waals surface area contributed by atoms with Crippen LogP contribution in [0.15, 0.2) is 41.3 Å². The van der Waals surface area contributed by atoms with Crippen LogP contribution in [0.5, 0.6) is 0 Å². The minimum atomic E-state index is -0.459. The van der Waals surface area contributed by atoms with Crippen molar-refractivity contribution in [1.82, 2.24) is 10.2 Å². The van der Waals surface area contributed by atoms with Crippen molar-refractivity contribution >= 4 is 0 Å². The standard InChI is InChI=1S/C11H7N3O/c12-6-9-10(7-13-14-11(9)15)8-4-2-1-3-5-8/h1-5,7H,(H,14,15). The first kappa shape index (κ1) is 9.16. The maximum absolute atomic E-state index is 11.3. The van der Waals surface area contributed by atoms with Gasteiger partial charge in [-0.3, -0.25) is 4.79 Å². The fraction of sp³-hybridized carbons (Fsp3) is 0. The molecule has 0 radical (unpaired) electrons. The quantitative estimate of drug-likeness (QED) is 0.749. The Hall–Kier alpha value is -2.41. The highest BCUT2D eigenvalue weighted by atomic mass is 16.1. The van der Waals surface area contributed by atoms with Crippen LogP contribution in [0.4, 0.5) is 0 Å². The summed E-state index contributed by atoms with van der Waals surface area (Å²) in [6.07, 6.45) is 1.48. The molecule has 1 heterocycles. The van der Waals surface area contributed by atoms with Gasteiger partial charge in [0.2, 0.25) is 0 Å². The van der Waals surface area contributed by atoms with Crippen LogP contribution in [-0.4, -0.2) is 10.2 Å². The highest BCUT2D eigenvalue weighted by molar-refractivity contribution is 5.68. The summed E-state index contributed by atoms with van der Waals surface area (Å²) in [4.78, 5) is 11.3. The molecule has 0 fully saturated rings. The predicted molar refractivity (Wildman–Crippen MR) is 55.0 cm³/mol. The van der Waals surface area contributed by atoms with Gasteiger partial charge in [-0.05, 0) is 5.56 Å². The Morgan fingerprint density at radius 2 is 2.00 bits per heavy atom. The number of hydrogen-bond donors (Lipinski definition) is 1. The molecule has 4 heteroatoms. The Morgan fingerprint density at radius 3 is 2.67 bits per heavy atom. The van der Waals surface area contributed by atoms with E-state index in [0.29, 0.717) is 5.56 Å². The molecule has 2 rings (SSSR count). The summed E-state index contributed by atoms with van der Waals surface area (Å²) in [5, 5.41) is 14.8. The number of nitriles is 1. The highest BCUT2D eigenvalue weighted by Gasteiger charge is 2.08. The largest absolute Gasteiger partial charge is 0.282 e. The van der Waals surface area contributed by atoms with Crippen molar-refractivity contribution in [3.63, 3.8) is 0 Å². The molecule has 0 spiro atoms. The zero-order valence-electron chi connectivity index (χ0n) is 7.77. The average Bonchev–Trinajstić information content (AvgIpc) is 2.30. The number of benzene rings is 1. The van der Waals surface area contributed by atoms with Gasteiger partial charge in [-0.1, -0.05) is 30.3 Å². The van der Waals surface area contributed by atoms with Gasteiger partial charge >= 0.3 is 0 Å². The van der Waals surface area contributed by atoms with Gasteiger partial charge in [0.15, 0.2) is 0 Å². The minimum Gasteiger partial charge on any atom is -0.266 e. The second-order valence-corrected chi connectivity index (χ2v) is 2.97. The van der Waals surface area contributed by atoms with Crippen LogP contribution in [-0.2, 0) is 0 Å². The van der Waals surface area contributed by atoms with E-state index in [-0.39, 0.29) is 5.56 Å². The molecular formula is C11H7N3O. The molecule has 15 heavy (non-hydrogen) atoms. The van der Waals surface area contributed by atoms with Gasteiger partial charge in [0.25, 0.3) is 5.56 Å². The summed E-state index contributed by atoms with van der Waals surface area (Å²) in [5.74, 6) is 0. The van der Waals surface area contributed by atoms with Crippen molar-refractivity contribution in [3.05, 3.63) is 52.4 Å². The number of rotatable bonds is 1. The van der Waals surface area contributed by atoms with Crippen molar-refractivity contribution in [2.45, 2.75) is 0 Å². The van der Waals surface area contributed by atoms with Crippen LogP contribution in [0, 0.1) is 11.3 Å². The molecule has 0 amide bonds. The van der Waals surface area contributed by atoms with Crippen molar-refractivity contribution in [2.75, 3.05) is 0 Å². The number of aromatic amines is 1. The van der Waals surface area contributed by atoms with E-state index in [0.717, 1.165) is 5.56 Å². The molecule has 0 aliphatic carbocycles. The smallest absolute Gasteiger partial charge is 0.266 e. The lowest BCUT2D eigenvalue weighted by atomic mass is 10.0. The number of aromatic nitrogens is 2. The molecule has 0 atom stereocenters. The number of H-pyrrole nitrogens is 1. The summed E-state index contributed by atoms with van der Waals surface area (Å²) >= 11 is 0. The Bertz CT molecular complexity index is 566. The van der Waals surface area contributed by atoms with Crippen LogP contribution in [0.2, 0.25) is 0 Å². The predicted octanol–water partition coefficient (Wildman–Crippen LogP) is 1.31. The van der Waals surface area contributed by atoms with E-state index in [2.05, 4.69) is 10.2 Å². The Morgan fingerprint density at radius 1 is 1.27 bits per heavy atom. The molecule has 0 saturated heterocycles. The number of hydrogen-bond acceptors (Lipinski definition) is 3. The van der Waals surface area contributed by atoms with Crippen molar-refractivity contribution in [2.24, 2.45) is 0 Å². The highest BCUT2D eigenvalue weighted by Crippen LogP contribution is 2.18. The zero-order chi connectivity index (χ0) is 10.7. The summed E-state index contributed by atoms with van der Waals surface area (Å²) < 4.78 is 0. The van der Waals surface area contributed by atoms with Gasteiger partial charge in [0.05, 0.1) is 6.20 Å². The maximum atomic E-state index is 11.3. The van der Waals surface area contributed by atoms with Crippen molar-refractivity contribution < 1.29 is 0 Å². The first-order valence-corrected chi connectivity index (χ1v) is 4.36. The summed E-state index contributed by atoms with van der Waals surface area (Å²) in [7, 11) is 0. The lowest BCUT2D eigenvalue weighted by Crippen LogP contribution is -2.12. The van der Waals surface area contributed by atoms with Gasteiger partial charge in [0.1, 0.15) is 11.6 Å². The van der Waals surface area contributed by atoms with Crippen LogP contribution < -0.4 is 5.56 Å². The third-order valence-corrected chi connectivity index (χ3v) is 2.05. The Kier molecular flexibility index (Phi) is 2.30. The van der Waals surface area contributed by atoms with Crippen LogP contribution >= 0.6 is 0 Å². The fourth-order valence-corrected chi connectivity index (χ4v) is 1.35. The van der Waals surface area contributed by atoms with E-state index in [1.807, 2.05) is 36.4 Å². The Labute approximate surface area is 85.8 Å². The van der Waals surface area contributed by atoms with E-state index in [1.54, 1.807) is 0 Å². The first-order chi connectivity index (χ1) is 7.33. The molecule has 1 aromatic carbocycles. The maximum Gasteiger partial charge on any atom is 0.282 e. The SMILES string of the molecule is N#Cc1c(-c2ccccc2)cn[nH]c1=O. The molecule has 2 aromatic rings. The molecule has 0 aliphatic rings. The van der Waals surface area contributed by atoms with Crippen LogP contribution in [0.1, 0.15) is 5.56 Å². The summed E-state index contributed by atoms with van der Waals surface area (Å²) in [5.41, 5.74) is 1.00. The summed E-state index contributed by atoms with van der Waals surface area (Å²) in [6, 6.07) is 11.1. The number of nitrogens with zero attached hydrogens (tertiary/aromatic N) is 2. The third-order valence-electron chi connectivity index (χ3n) is 2.05. The van der Waals surface area contributed by atoms with Crippen LogP contribution in [0.25, 0.3) is 11.1 Å². The van der Waals surface area contributed by atoms with Gasteiger partial charge in [-0.25, -0.2) is 5.10 Å². The summed E-state index contributed by atoms with van der Waals surface area (Å²) in [6.45, 7) is 0. The van der Waals surface area contributed by atoms with Crippen molar-refractivity contribution in [3.8, 4) is 17.2 Å². The normalized spacial score (nSPS) is 9.53. The molecule has 72 valence electrons. The van der Waals surface area contributed by atoms with Gasteiger partial charge < -0.3 is 0 Å². The van der Waals surface area contributed by atoms with E-state index in [9.17, 15) is 4.79 Å². The first-order valence-electron chi connectivity index (χ1n) is 4.36. The molecule has 1 aromatic heterocycles. The molecule has 0 aliphatic heterocycles. The molecule has 1 N–H and O–H groups in total. The Balaban J connectivity index is 2.70. The minimum absolute atomic E-state index is 0.0937. The monoisotopic (exact) mass is 197 g/mol. The van der Waals surface area contributed by atoms with E-state index in [1.165, 1.54) is 6.20 Å². The van der Waals surface area contributed by atoms with E-state index < -0.39 is 5.56 Å².